The molecule has 29 heavy (non-hydrogen) atoms. The predicted molar refractivity (Wildman–Crippen MR) is 121 cm³/mol. The van der Waals surface area contributed by atoms with E-state index in [0.29, 0.717) is 30.3 Å². The number of thiocarbonyl (C=S) groups is 1. The van der Waals surface area contributed by atoms with Crippen LogP contribution in [-0.2, 0) is 22.6 Å². The van der Waals surface area contributed by atoms with Gasteiger partial charge >= 0.3 is 0 Å². The van der Waals surface area contributed by atoms with Crippen LogP contribution in [0.4, 0.5) is 0 Å². The maximum Gasteiger partial charge on any atom is 0.274 e. The number of fused-ring (bicyclic) bond motifs is 1. The van der Waals surface area contributed by atoms with E-state index in [9.17, 15) is 9.59 Å². The molecule has 0 aliphatic carbocycles. The number of nitrogens with zero attached hydrogens (tertiary/aromatic N) is 4. The van der Waals surface area contributed by atoms with Gasteiger partial charge < -0.3 is 9.47 Å². The number of likely N-dealkylation sites (tertiary alicyclic amines) is 1. The lowest BCUT2D eigenvalue weighted by Gasteiger charge is -2.27. The largest absolute Gasteiger partial charge is 0.341 e. The Hall–Kier alpha value is -2.06. The number of amides is 2. The highest BCUT2D eigenvalue weighted by atomic mass is 79.9. The third-order valence-corrected chi connectivity index (χ3v) is 6.37. The minimum atomic E-state index is -0.127. The zero-order valence-corrected chi connectivity index (χ0v) is 18.8. The summed E-state index contributed by atoms with van der Waals surface area (Å²) in [6.45, 7) is 4.39. The van der Waals surface area contributed by atoms with Gasteiger partial charge in [-0.25, -0.2) is 4.99 Å². The van der Waals surface area contributed by atoms with Crippen molar-refractivity contribution in [2.24, 2.45) is 4.99 Å². The SMILES string of the molecule is CCN1C(=O)C(Cc2cn(CC(=O)N3CCCCC3)c3ccc(Br)cc23)=NC1=S. The van der Waals surface area contributed by atoms with Crippen LogP contribution in [0.15, 0.2) is 33.9 Å². The van der Waals surface area contributed by atoms with Crippen molar-refractivity contribution in [3.05, 3.63) is 34.4 Å². The van der Waals surface area contributed by atoms with Crippen LogP contribution < -0.4 is 0 Å². The zero-order valence-electron chi connectivity index (χ0n) is 16.4. The van der Waals surface area contributed by atoms with Gasteiger partial charge in [-0.05, 0) is 62.2 Å². The lowest BCUT2D eigenvalue weighted by Crippen LogP contribution is -2.37. The van der Waals surface area contributed by atoms with Crippen molar-refractivity contribution in [3.8, 4) is 0 Å². The summed E-state index contributed by atoms with van der Waals surface area (Å²) < 4.78 is 2.95. The number of aromatic nitrogens is 1. The molecule has 2 amide bonds. The van der Waals surface area contributed by atoms with Crippen LogP contribution in [0, 0.1) is 0 Å². The number of rotatable bonds is 5. The number of benzene rings is 1. The Bertz CT molecular complexity index is 1020. The maximum atomic E-state index is 12.8. The summed E-state index contributed by atoms with van der Waals surface area (Å²) in [5.41, 5.74) is 2.41. The van der Waals surface area contributed by atoms with Crippen LogP contribution in [0.3, 0.4) is 0 Å². The van der Waals surface area contributed by atoms with E-state index in [-0.39, 0.29) is 11.8 Å². The molecule has 4 rings (SSSR count). The lowest BCUT2D eigenvalue weighted by molar-refractivity contribution is -0.132. The van der Waals surface area contributed by atoms with Crippen molar-refractivity contribution in [2.75, 3.05) is 19.6 Å². The second-order valence-electron chi connectivity index (χ2n) is 7.45. The van der Waals surface area contributed by atoms with Crippen LogP contribution in [0.1, 0.15) is 31.7 Å². The molecule has 0 N–H and O–H groups in total. The van der Waals surface area contributed by atoms with Gasteiger partial charge in [-0.2, -0.15) is 0 Å². The van der Waals surface area contributed by atoms with Crippen molar-refractivity contribution in [3.63, 3.8) is 0 Å². The summed E-state index contributed by atoms with van der Waals surface area (Å²) >= 11 is 8.75. The highest BCUT2D eigenvalue weighted by Gasteiger charge is 2.29. The highest BCUT2D eigenvalue weighted by Crippen LogP contribution is 2.27. The van der Waals surface area contributed by atoms with E-state index < -0.39 is 0 Å². The van der Waals surface area contributed by atoms with Gasteiger partial charge in [0.25, 0.3) is 5.91 Å². The fraction of sp³-hybridized carbons (Fsp3) is 0.429. The van der Waals surface area contributed by atoms with E-state index in [1.54, 1.807) is 0 Å². The Morgan fingerprint density at radius 1 is 1.24 bits per heavy atom. The average molecular weight is 475 g/mol. The molecule has 2 aliphatic rings. The van der Waals surface area contributed by atoms with Crippen LogP contribution in [0.5, 0.6) is 0 Å². The van der Waals surface area contributed by atoms with Gasteiger partial charge in [0.2, 0.25) is 11.0 Å². The van der Waals surface area contributed by atoms with Crippen LogP contribution in [0.25, 0.3) is 10.9 Å². The van der Waals surface area contributed by atoms with Gasteiger partial charge in [-0.1, -0.05) is 15.9 Å². The van der Waals surface area contributed by atoms with Crippen molar-refractivity contribution in [1.82, 2.24) is 14.4 Å². The number of hydrogen-bond donors (Lipinski definition) is 0. The lowest BCUT2D eigenvalue weighted by atomic mass is 10.1. The van der Waals surface area contributed by atoms with Crippen LogP contribution in [-0.4, -0.2) is 56.6 Å². The Kier molecular flexibility index (Phi) is 5.83. The first-order chi connectivity index (χ1) is 14.0. The van der Waals surface area contributed by atoms with Gasteiger partial charge in [0.15, 0.2) is 0 Å². The van der Waals surface area contributed by atoms with Crippen molar-refractivity contribution in [1.29, 1.82) is 0 Å². The van der Waals surface area contributed by atoms with Crippen molar-refractivity contribution in [2.45, 2.75) is 39.2 Å². The molecule has 1 aromatic carbocycles. The summed E-state index contributed by atoms with van der Waals surface area (Å²) in [5, 5.41) is 1.35. The monoisotopic (exact) mass is 474 g/mol. The number of carbonyl (C=O) groups excluding carboxylic acids is 2. The Labute approximate surface area is 183 Å². The molecule has 1 saturated heterocycles. The van der Waals surface area contributed by atoms with Gasteiger partial charge in [0.1, 0.15) is 12.3 Å². The third kappa shape index (κ3) is 4.00. The molecular formula is C21H23BrN4O2S. The Balaban J connectivity index is 1.64. The zero-order chi connectivity index (χ0) is 20.5. The number of aliphatic imine (C=N–C) groups is 1. The summed E-state index contributed by atoms with van der Waals surface area (Å²) in [6, 6.07) is 6.01. The van der Waals surface area contributed by atoms with Crippen molar-refractivity contribution >= 4 is 61.7 Å². The molecule has 1 aromatic heterocycles. The van der Waals surface area contributed by atoms with E-state index in [1.165, 1.54) is 11.3 Å². The Morgan fingerprint density at radius 2 is 2.00 bits per heavy atom. The second-order valence-corrected chi connectivity index (χ2v) is 8.73. The second kappa shape index (κ2) is 8.36. The first-order valence-corrected chi connectivity index (χ1v) is 11.2. The first kappa shape index (κ1) is 20.2. The average Bonchev–Trinajstić information content (AvgIpc) is 3.18. The fourth-order valence-electron chi connectivity index (χ4n) is 4.04. The summed E-state index contributed by atoms with van der Waals surface area (Å²) in [6.07, 6.45) is 5.72. The molecule has 0 radical (unpaired) electrons. The van der Waals surface area contributed by atoms with E-state index in [2.05, 4.69) is 20.9 Å². The minimum Gasteiger partial charge on any atom is -0.341 e. The maximum absolute atomic E-state index is 12.8. The molecule has 0 bridgehead atoms. The van der Waals surface area contributed by atoms with E-state index >= 15 is 0 Å². The number of carbonyl (C=O) groups is 2. The Morgan fingerprint density at radius 3 is 2.69 bits per heavy atom. The summed E-state index contributed by atoms with van der Waals surface area (Å²) in [5.74, 6) is 0.0153. The van der Waals surface area contributed by atoms with E-state index in [0.717, 1.165) is 46.9 Å². The first-order valence-electron chi connectivity index (χ1n) is 9.96. The molecule has 0 unspecified atom stereocenters. The molecule has 1 fully saturated rings. The van der Waals surface area contributed by atoms with Gasteiger partial charge in [0, 0.05) is 47.6 Å². The quantitative estimate of drug-likeness (QED) is 0.622. The molecular weight excluding hydrogens is 452 g/mol. The van der Waals surface area contributed by atoms with Crippen molar-refractivity contribution < 1.29 is 9.59 Å². The van der Waals surface area contributed by atoms with Gasteiger partial charge in [0.05, 0.1) is 0 Å². The molecule has 8 heteroatoms. The molecule has 0 saturated carbocycles. The minimum absolute atomic E-state index is 0.127. The molecule has 152 valence electrons. The normalized spacial score (nSPS) is 17.4. The standard InChI is InChI=1S/C21H23BrN4O2S/c1-2-26-20(28)17(23-21(26)29)10-14-12-25(18-7-6-15(22)11-16(14)18)13-19(27)24-8-4-3-5-9-24/h6-7,11-12H,2-5,8-10,13H2,1H3. The smallest absolute Gasteiger partial charge is 0.274 e. The van der Waals surface area contributed by atoms with Gasteiger partial charge in [-0.3, -0.25) is 14.5 Å². The topological polar surface area (TPSA) is 57.9 Å². The summed E-state index contributed by atoms with van der Waals surface area (Å²) in [7, 11) is 0. The van der Waals surface area contributed by atoms with E-state index in [1.807, 2.05) is 40.8 Å². The highest BCUT2D eigenvalue weighted by molar-refractivity contribution is 9.10. The fourth-order valence-corrected chi connectivity index (χ4v) is 4.73. The molecule has 2 aromatic rings. The number of piperidine rings is 1. The molecule has 0 atom stereocenters. The molecule has 3 heterocycles. The summed E-state index contributed by atoms with van der Waals surface area (Å²) in [4.78, 5) is 33.2. The number of halogens is 1. The van der Waals surface area contributed by atoms with Crippen LogP contribution in [0.2, 0.25) is 0 Å². The third-order valence-electron chi connectivity index (χ3n) is 5.57. The van der Waals surface area contributed by atoms with Crippen LogP contribution >= 0.6 is 28.1 Å². The molecule has 6 nitrogen and oxygen atoms in total. The van der Waals surface area contributed by atoms with E-state index in [4.69, 9.17) is 12.2 Å². The predicted octanol–water partition coefficient (Wildman–Crippen LogP) is 3.55. The molecule has 0 spiro atoms. The van der Waals surface area contributed by atoms with Gasteiger partial charge in [-0.15, -0.1) is 0 Å². The number of hydrogen-bond acceptors (Lipinski definition) is 3. The molecule has 2 aliphatic heterocycles.